The van der Waals surface area contributed by atoms with Crippen LogP contribution in [0.15, 0.2) is 28.8 Å². The fraction of sp³-hybridized carbons (Fsp3) is 0.267. The van der Waals surface area contributed by atoms with Crippen molar-refractivity contribution in [3.05, 3.63) is 45.6 Å². The Hall–Kier alpha value is -2.05. The molecule has 0 aliphatic carbocycles. The summed E-state index contributed by atoms with van der Waals surface area (Å²) < 4.78 is 4.87. The maximum atomic E-state index is 12.4. The van der Waals surface area contributed by atoms with Crippen LogP contribution in [0.4, 0.5) is 5.82 Å². The average Bonchev–Trinajstić information content (AvgIpc) is 2.92. The second kappa shape index (κ2) is 7.48. The summed E-state index contributed by atoms with van der Waals surface area (Å²) >= 11 is 11.8. The van der Waals surface area contributed by atoms with Gasteiger partial charge in [0.05, 0.1) is 10.0 Å². The Balaban J connectivity index is 2.04. The predicted molar refractivity (Wildman–Crippen MR) is 87.9 cm³/mol. The third-order valence-corrected chi connectivity index (χ3v) is 3.80. The first-order valence-corrected chi connectivity index (χ1v) is 7.63. The monoisotopic (exact) mass is 355 g/mol. The summed E-state index contributed by atoms with van der Waals surface area (Å²) in [6, 6.07) is 6.18. The highest BCUT2D eigenvalue weighted by Gasteiger charge is 2.19. The number of carbonyl (C=O) groups is 2. The Labute approximate surface area is 143 Å². The molecule has 0 aliphatic heterocycles. The number of hydrogen-bond acceptors (Lipinski definition) is 4. The Morgan fingerprint density at radius 3 is 2.57 bits per heavy atom. The van der Waals surface area contributed by atoms with Crippen molar-refractivity contribution in [2.75, 3.05) is 18.4 Å². The number of halogens is 2. The minimum absolute atomic E-state index is 0.110. The number of nitrogens with zero attached hydrogens (tertiary/aromatic N) is 2. The van der Waals surface area contributed by atoms with Crippen LogP contribution in [0.1, 0.15) is 23.0 Å². The number of aryl methyl sites for hydroxylation is 1. The molecule has 122 valence electrons. The van der Waals surface area contributed by atoms with Crippen LogP contribution in [0.5, 0.6) is 0 Å². The van der Waals surface area contributed by atoms with E-state index in [1.54, 1.807) is 32.0 Å². The van der Waals surface area contributed by atoms with Gasteiger partial charge in [-0.25, -0.2) is 0 Å². The van der Waals surface area contributed by atoms with Crippen LogP contribution < -0.4 is 5.32 Å². The summed E-state index contributed by atoms with van der Waals surface area (Å²) in [5, 5.41) is 6.89. The molecule has 0 saturated carbocycles. The van der Waals surface area contributed by atoms with Crippen LogP contribution >= 0.6 is 23.2 Å². The van der Waals surface area contributed by atoms with Crippen molar-refractivity contribution in [3.63, 3.8) is 0 Å². The lowest BCUT2D eigenvalue weighted by Crippen LogP contribution is -2.37. The molecule has 6 nitrogen and oxygen atoms in total. The minimum atomic E-state index is -0.367. The molecule has 23 heavy (non-hydrogen) atoms. The van der Waals surface area contributed by atoms with E-state index in [0.29, 0.717) is 28.7 Å². The topological polar surface area (TPSA) is 75.4 Å². The summed E-state index contributed by atoms with van der Waals surface area (Å²) in [4.78, 5) is 25.8. The third-order valence-electron chi connectivity index (χ3n) is 3.07. The molecule has 2 aromatic rings. The smallest absolute Gasteiger partial charge is 0.254 e. The van der Waals surface area contributed by atoms with E-state index < -0.39 is 0 Å². The number of aromatic nitrogens is 1. The quantitative estimate of drug-likeness (QED) is 0.891. The first kappa shape index (κ1) is 17.3. The van der Waals surface area contributed by atoms with Gasteiger partial charge in [0.2, 0.25) is 5.91 Å². The van der Waals surface area contributed by atoms with Crippen molar-refractivity contribution in [1.82, 2.24) is 10.1 Å². The number of likely N-dealkylation sites (N-methyl/N-ethyl adjacent to an activating group) is 1. The van der Waals surface area contributed by atoms with E-state index in [1.807, 2.05) is 0 Å². The number of benzene rings is 1. The van der Waals surface area contributed by atoms with Crippen molar-refractivity contribution in [3.8, 4) is 0 Å². The SMILES string of the molecule is CCN(CC(=O)Nc1cc(C)on1)C(=O)c1ccc(Cl)c(Cl)c1. The molecule has 0 saturated heterocycles. The molecule has 1 heterocycles. The maximum Gasteiger partial charge on any atom is 0.254 e. The lowest BCUT2D eigenvalue weighted by molar-refractivity contribution is -0.116. The Kier molecular flexibility index (Phi) is 5.63. The Morgan fingerprint density at radius 1 is 1.26 bits per heavy atom. The summed E-state index contributed by atoms with van der Waals surface area (Å²) in [5.41, 5.74) is 0.367. The number of nitrogens with one attached hydrogen (secondary N) is 1. The zero-order valence-corrected chi connectivity index (χ0v) is 14.1. The normalized spacial score (nSPS) is 10.4. The van der Waals surface area contributed by atoms with Gasteiger partial charge in [-0.05, 0) is 32.0 Å². The lowest BCUT2D eigenvalue weighted by atomic mass is 10.2. The van der Waals surface area contributed by atoms with E-state index in [2.05, 4.69) is 10.5 Å². The molecular formula is C15H15Cl2N3O3. The largest absolute Gasteiger partial charge is 0.360 e. The second-order valence-electron chi connectivity index (χ2n) is 4.82. The van der Waals surface area contributed by atoms with Crippen LogP contribution in [0.2, 0.25) is 10.0 Å². The van der Waals surface area contributed by atoms with Gasteiger partial charge >= 0.3 is 0 Å². The van der Waals surface area contributed by atoms with Gasteiger partial charge in [-0.1, -0.05) is 28.4 Å². The summed E-state index contributed by atoms with van der Waals surface area (Å²) in [5.74, 6) is 0.219. The van der Waals surface area contributed by atoms with Gasteiger partial charge in [0, 0.05) is 18.2 Å². The van der Waals surface area contributed by atoms with E-state index in [-0.39, 0.29) is 23.4 Å². The maximum absolute atomic E-state index is 12.4. The van der Waals surface area contributed by atoms with Gasteiger partial charge in [-0.3, -0.25) is 9.59 Å². The number of carbonyl (C=O) groups excluding carboxylic acids is 2. The van der Waals surface area contributed by atoms with Crippen molar-refractivity contribution < 1.29 is 14.1 Å². The molecule has 0 bridgehead atoms. The van der Waals surface area contributed by atoms with Crippen LogP contribution in [0.3, 0.4) is 0 Å². The molecule has 1 N–H and O–H groups in total. The highest BCUT2D eigenvalue weighted by Crippen LogP contribution is 2.23. The van der Waals surface area contributed by atoms with E-state index in [9.17, 15) is 9.59 Å². The highest BCUT2D eigenvalue weighted by atomic mass is 35.5. The molecule has 0 unspecified atom stereocenters. The molecule has 8 heteroatoms. The van der Waals surface area contributed by atoms with E-state index in [4.69, 9.17) is 27.7 Å². The van der Waals surface area contributed by atoms with Crippen molar-refractivity contribution >= 4 is 40.8 Å². The summed E-state index contributed by atoms with van der Waals surface area (Å²) in [6.45, 7) is 3.75. The van der Waals surface area contributed by atoms with E-state index in [1.165, 1.54) is 11.0 Å². The molecular weight excluding hydrogens is 341 g/mol. The fourth-order valence-corrected chi connectivity index (χ4v) is 2.22. The van der Waals surface area contributed by atoms with Crippen LogP contribution in [0.25, 0.3) is 0 Å². The van der Waals surface area contributed by atoms with Gasteiger partial charge in [-0.15, -0.1) is 0 Å². The lowest BCUT2D eigenvalue weighted by Gasteiger charge is -2.20. The predicted octanol–water partition coefficient (Wildman–Crippen LogP) is 3.39. The number of rotatable bonds is 5. The fourth-order valence-electron chi connectivity index (χ4n) is 1.92. The van der Waals surface area contributed by atoms with Crippen molar-refractivity contribution in [2.45, 2.75) is 13.8 Å². The first-order chi connectivity index (χ1) is 10.9. The minimum Gasteiger partial charge on any atom is -0.360 e. The molecule has 1 aromatic carbocycles. The number of amides is 2. The summed E-state index contributed by atoms with van der Waals surface area (Å²) in [7, 11) is 0. The molecule has 1 aromatic heterocycles. The molecule has 0 radical (unpaired) electrons. The van der Waals surface area contributed by atoms with Crippen LogP contribution in [0, 0.1) is 6.92 Å². The Morgan fingerprint density at radius 2 is 2.00 bits per heavy atom. The molecule has 0 atom stereocenters. The van der Waals surface area contributed by atoms with E-state index >= 15 is 0 Å². The van der Waals surface area contributed by atoms with Gasteiger partial charge in [0.15, 0.2) is 5.82 Å². The molecule has 2 amide bonds. The van der Waals surface area contributed by atoms with Gasteiger partial charge < -0.3 is 14.7 Å². The molecule has 0 spiro atoms. The number of anilines is 1. The second-order valence-corrected chi connectivity index (χ2v) is 5.63. The molecule has 0 aliphatic rings. The van der Waals surface area contributed by atoms with E-state index in [0.717, 1.165) is 0 Å². The van der Waals surface area contributed by atoms with Crippen molar-refractivity contribution in [2.24, 2.45) is 0 Å². The summed E-state index contributed by atoms with van der Waals surface area (Å²) in [6.07, 6.45) is 0. The van der Waals surface area contributed by atoms with Gasteiger partial charge in [0.25, 0.3) is 5.91 Å². The standard InChI is InChI=1S/C15H15Cl2N3O3/c1-3-20(8-14(21)18-13-6-9(2)23-19-13)15(22)10-4-5-11(16)12(17)7-10/h4-7H,3,8H2,1-2H3,(H,18,19,21). The van der Waals surface area contributed by atoms with Crippen molar-refractivity contribution in [1.29, 1.82) is 0 Å². The number of hydrogen-bond donors (Lipinski definition) is 1. The third kappa shape index (κ3) is 4.46. The van der Waals surface area contributed by atoms with Gasteiger partial charge in [0.1, 0.15) is 12.3 Å². The molecule has 0 fully saturated rings. The average molecular weight is 356 g/mol. The zero-order chi connectivity index (χ0) is 17.0. The zero-order valence-electron chi connectivity index (χ0n) is 12.6. The highest BCUT2D eigenvalue weighted by molar-refractivity contribution is 6.42. The Bertz CT molecular complexity index is 731. The van der Waals surface area contributed by atoms with Crippen LogP contribution in [-0.2, 0) is 4.79 Å². The first-order valence-electron chi connectivity index (χ1n) is 6.88. The molecule has 2 rings (SSSR count). The van der Waals surface area contributed by atoms with Crippen LogP contribution in [-0.4, -0.2) is 35.0 Å². The van der Waals surface area contributed by atoms with Gasteiger partial charge in [-0.2, -0.15) is 0 Å².